The summed E-state index contributed by atoms with van der Waals surface area (Å²) in [5.41, 5.74) is 0. The molecule has 23 heavy (non-hydrogen) atoms. The second-order valence-electron chi connectivity index (χ2n) is 6.82. The van der Waals surface area contributed by atoms with Crippen molar-refractivity contribution in [1.82, 2.24) is 0 Å². The zero-order chi connectivity index (χ0) is 16.8. The van der Waals surface area contributed by atoms with Crippen LogP contribution in [0.1, 0.15) is 96.8 Å². The molecule has 0 aromatic carbocycles. The topological polar surface area (TPSA) is 49.8 Å². The van der Waals surface area contributed by atoms with E-state index >= 15 is 0 Å². The summed E-state index contributed by atoms with van der Waals surface area (Å²) in [7, 11) is 0. The third kappa shape index (κ3) is 12.3. The molecule has 0 aromatic heterocycles. The molecule has 0 amide bonds. The number of allylic oxidation sites excluding steroid dienone is 1. The first-order valence-corrected chi connectivity index (χ1v) is 9.76. The van der Waals surface area contributed by atoms with Gasteiger partial charge in [-0.25, -0.2) is 0 Å². The maximum Gasteiger partial charge on any atom is 0.303 e. The van der Waals surface area contributed by atoms with Crippen LogP contribution in [0.15, 0.2) is 12.2 Å². The molecule has 0 aliphatic carbocycles. The lowest BCUT2D eigenvalue weighted by molar-refractivity contribution is -0.137. The number of rotatable bonds is 16. The molecular formula is C20H36O3. The monoisotopic (exact) mass is 324 g/mol. The predicted molar refractivity (Wildman–Crippen MR) is 95.7 cm³/mol. The van der Waals surface area contributed by atoms with E-state index in [-0.39, 0.29) is 0 Å². The van der Waals surface area contributed by atoms with Gasteiger partial charge in [0.15, 0.2) is 0 Å². The molecule has 1 rings (SSSR count). The van der Waals surface area contributed by atoms with Crippen LogP contribution in [0, 0.1) is 0 Å². The van der Waals surface area contributed by atoms with Gasteiger partial charge in [-0.2, -0.15) is 0 Å². The minimum absolute atomic E-state index is 0.327. The molecule has 0 radical (unpaired) electrons. The second-order valence-corrected chi connectivity index (χ2v) is 6.82. The highest BCUT2D eigenvalue weighted by molar-refractivity contribution is 5.66. The first kappa shape index (κ1) is 20.2. The van der Waals surface area contributed by atoms with E-state index in [0.29, 0.717) is 18.6 Å². The molecule has 1 aliphatic rings. The van der Waals surface area contributed by atoms with Crippen molar-refractivity contribution >= 4 is 5.97 Å². The summed E-state index contributed by atoms with van der Waals surface area (Å²) in [4.78, 5) is 10.4. The Kier molecular flexibility index (Phi) is 11.9. The summed E-state index contributed by atoms with van der Waals surface area (Å²) in [6.07, 6.45) is 21.6. The smallest absolute Gasteiger partial charge is 0.303 e. The average molecular weight is 325 g/mol. The lowest BCUT2D eigenvalue weighted by Crippen LogP contribution is -1.94. The fourth-order valence-corrected chi connectivity index (χ4v) is 3.01. The van der Waals surface area contributed by atoms with Crippen molar-refractivity contribution in [1.29, 1.82) is 0 Å². The summed E-state index contributed by atoms with van der Waals surface area (Å²) in [5, 5.41) is 8.55. The first-order valence-electron chi connectivity index (χ1n) is 9.76. The van der Waals surface area contributed by atoms with Crippen molar-refractivity contribution in [2.45, 2.75) is 109 Å². The van der Waals surface area contributed by atoms with Crippen LogP contribution in [0.3, 0.4) is 0 Å². The molecular weight excluding hydrogens is 288 g/mol. The maximum absolute atomic E-state index is 10.4. The van der Waals surface area contributed by atoms with Crippen molar-refractivity contribution in [2.75, 3.05) is 0 Å². The Balaban J connectivity index is 1.79. The van der Waals surface area contributed by atoms with Gasteiger partial charge in [0.2, 0.25) is 0 Å². The molecule has 0 bridgehead atoms. The van der Waals surface area contributed by atoms with Crippen molar-refractivity contribution in [3.05, 3.63) is 12.2 Å². The van der Waals surface area contributed by atoms with Crippen LogP contribution in [0.25, 0.3) is 0 Å². The summed E-state index contributed by atoms with van der Waals surface area (Å²) < 4.78 is 5.72. The third-order valence-corrected chi connectivity index (χ3v) is 4.58. The second kappa shape index (κ2) is 13.6. The van der Waals surface area contributed by atoms with E-state index in [2.05, 4.69) is 19.1 Å². The van der Waals surface area contributed by atoms with Gasteiger partial charge in [0, 0.05) is 6.42 Å². The molecule has 1 fully saturated rings. The van der Waals surface area contributed by atoms with Crippen molar-refractivity contribution in [2.24, 2.45) is 0 Å². The van der Waals surface area contributed by atoms with Gasteiger partial charge in [-0.1, -0.05) is 70.4 Å². The zero-order valence-corrected chi connectivity index (χ0v) is 15.0. The number of carbonyl (C=O) groups is 1. The number of ether oxygens (including phenoxy) is 1. The Morgan fingerprint density at radius 2 is 1.61 bits per heavy atom. The summed E-state index contributed by atoms with van der Waals surface area (Å²) >= 11 is 0. The van der Waals surface area contributed by atoms with Gasteiger partial charge in [0.05, 0.1) is 12.2 Å². The van der Waals surface area contributed by atoms with Crippen LogP contribution in [0.4, 0.5) is 0 Å². The number of unbranched alkanes of at least 4 members (excludes halogenated alkanes) is 9. The van der Waals surface area contributed by atoms with E-state index in [9.17, 15) is 4.79 Å². The van der Waals surface area contributed by atoms with E-state index in [4.69, 9.17) is 9.84 Å². The normalized spacial score (nSPS) is 20.2. The SMILES string of the molecule is CCCCC/C=C\CC1OC1CCCCCCCCCC(=O)O. The van der Waals surface area contributed by atoms with E-state index in [0.717, 1.165) is 19.3 Å². The molecule has 134 valence electrons. The average Bonchev–Trinajstić information content (AvgIpc) is 3.27. The Bertz CT molecular complexity index is 325. The maximum atomic E-state index is 10.4. The van der Waals surface area contributed by atoms with Gasteiger partial charge >= 0.3 is 5.97 Å². The summed E-state index contributed by atoms with van der Waals surface area (Å²) in [6, 6.07) is 0. The summed E-state index contributed by atoms with van der Waals surface area (Å²) in [6.45, 7) is 2.24. The van der Waals surface area contributed by atoms with E-state index < -0.39 is 5.97 Å². The van der Waals surface area contributed by atoms with Gasteiger partial charge < -0.3 is 9.84 Å². The predicted octanol–water partition coefficient (Wildman–Crippen LogP) is 5.88. The van der Waals surface area contributed by atoms with E-state index in [1.165, 1.54) is 64.2 Å². The lowest BCUT2D eigenvalue weighted by Gasteiger charge is -2.00. The van der Waals surface area contributed by atoms with Gasteiger partial charge in [0.1, 0.15) is 0 Å². The van der Waals surface area contributed by atoms with Crippen LogP contribution in [0.2, 0.25) is 0 Å². The quantitative estimate of drug-likeness (QED) is 0.219. The Labute approximate surface area is 142 Å². The molecule has 1 saturated heterocycles. The van der Waals surface area contributed by atoms with Gasteiger partial charge in [-0.3, -0.25) is 4.79 Å². The van der Waals surface area contributed by atoms with Gasteiger partial charge in [-0.05, 0) is 32.1 Å². The number of carboxylic acid groups (broad SMARTS) is 1. The molecule has 1 aliphatic heterocycles. The zero-order valence-electron chi connectivity index (χ0n) is 15.0. The molecule has 1 N–H and O–H groups in total. The molecule has 0 saturated carbocycles. The van der Waals surface area contributed by atoms with Crippen molar-refractivity contribution in [3.8, 4) is 0 Å². The minimum Gasteiger partial charge on any atom is -0.481 e. The largest absolute Gasteiger partial charge is 0.481 e. The van der Waals surface area contributed by atoms with Gasteiger partial charge in [-0.15, -0.1) is 0 Å². The number of hydrogen-bond acceptors (Lipinski definition) is 2. The van der Waals surface area contributed by atoms with Crippen LogP contribution < -0.4 is 0 Å². The highest BCUT2D eigenvalue weighted by Crippen LogP contribution is 2.30. The van der Waals surface area contributed by atoms with Gasteiger partial charge in [0.25, 0.3) is 0 Å². The van der Waals surface area contributed by atoms with Crippen LogP contribution in [-0.4, -0.2) is 23.3 Å². The first-order chi connectivity index (χ1) is 11.2. The van der Waals surface area contributed by atoms with Crippen LogP contribution >= 0.6 is 0 Å². The van der Waals surface area contributed by atoms with Crippen LogP contribution in [-0.2, 0) is 9.53 Å². The fourth-order valence-electron chi connectivity index (χ4n) is 3.01. The highest BCUT2D eigenvalue weighted by atomic mass is 16.6. The summed E-state index contributed by atoms with van der Waals surface area (Å²) in [5.74, 6) is -0.667. The fraction of sp³-hybridized carbons (Fsp3) is 0.850. The van der Waals surface area contributed by atoms with Crippen LogP contribution in [0.5, 0.6) is 0 Å². The molecule has 2 atom stereocenters. The molecule has 2 unspecified atom stereocenters. The standard InChI is InChI=1S/C20H36O3/c1-2-3-4-5-9-12-15-18-19(23-18)16-13-10-7-6-8-11-14-17-20(21)22/h9,12,18-19H,2-8,10-11,13-17H2,1H3,(H,21,22)/b12-9-. The molecule has 1 heterocycles. The third-order valence-electron chi connectivity index (χ3n) is 4.58. The molecule has 0 aromatic rings. The number of carboxylic acids is 1. The molecule has 0 spiro atoms. The minimum atomic E-state index is -0.667. The highest BCUT2D eigenvalue weighted by Gasteiger charge is 2.36. The van der Waals surface area contributed by atoms with Crippen molar-refractivity contribution < 1.29 is 14.6 Å². The number of epoxide rings is 1. The number of hydrogen-bond donors (Lipinski definition) is 1. The molecule has 3 heteroatoms. The van der Waals surface area contributed by atoms with E-state index in [1.54, 1.807) is 0 Å². The Morgan fingerprint density at radius 3 is 2.30 bits per heavy atom. The molecule has 3 nitrogen and oxygen atoms in total. The Hall–Kier alpha value is -0.830. The number of aliphatic carboxylic acids is 1. The lowest BCUT2D eigenvalue weighted by atomic mass is 10.0. The van der Waals surface area contributed by atoms with E-state index in [1.807, 2.05) is 0 Å². The van der Waals surface area contributed by atoms with Crippen molar-refractivity contribution in [3.63, 3.8) is 0 Å². The Morgan fingerprint density at radius 1 is 0.913 bits per heavy atom.